The predicted molar refractivity (Wildman–Crippen MR) is 214 cm³/mol. The van der Waals surface area contributed by atoms with Crippen LogP contribution in [0.15, 0.2) is 152 Å². The highest BCUT2D eigenvalue weighted by Crippen LogP contribution is 2.53. The van der Waals surface area contributed by atoms with Crippen molar-refractivity contribution in [2.24, 2.45) is 0 Å². The lowest BCUT2D eigenvalue weighted by Crippen LogP contribution is -2.21. The van der Waals surface area contributed by atoms with Gasteiger partial charge in [0.2, 0.25) is 0 Å². The Kier molecular flexibility index (Phi) is 6.48. The highest BCUT2D eigenvalue weighted by atomic mass is 16.5. The molecule has 11 rings (SSSR count). The fourth-order valence-corrected chi connectivity index (χ4v) is 9.32. The molecule has 0 bridgehead atoms. The Labute approximate surface area is 308 Å². The van der Waals surface area contributed by atoms with Gasteiger partial charge in [-0.25, -0.2) is 15.0 Å². The smallest absolute Gasteiger partial charge is 0.163 e. The van der Waals surface area contributed by atoms with Gasteiger partial charge in [-0.3, -0.25) is 0 Å². The number of benzene rings is 5. The molecule has 2 unspecified atom stereocenters. The Hall–Kier alpha value is -6.33. The van der Waals surface area contributed by atoms with Crippen molar-refractivity contribution < 1.29 is 4.74 Å². The summed E-state index contributed by atoms with van der Waals surface area (Å²) in [5.74, 6) is 3.05. The summed E-state index contributed by atoms with van der Waals surface area (Å²) < 4.78 is 8.83. The summed E-state index contributed by atoms with van der Waals surface area (Å²) in [6, 6.07) is 41.0. The van der Waals surface area contributed by atoms with Gasteiger partial charge in [-0.05, 0) is 65.1 Å². The quantitative estimate of drug-likeness (QED) is 0.185. The van der Waals surface area contributed by atoms with Gasteiger partial charge in [-0.15, -0.1) is 0 Å². The van der Waals surface area contributed by atoms with Crippen LogP contribution in [0.3, 0.4) is 0 Å². The average Bonchev–Trinajstić information content (AvgIpc) is 3.84. The van der Waals surface area contributed by atoms with Crippen molar-refractivity contribution in [3.8, 4) is 28.3 Å². The first-order valence-electron chi connectivity index (χ1n) is 18.6. The highest BCUT2D eigenvalue weighted by Gasteiger charge is 2.40. The molecule has 0 saturated heterocycles. The topological polar surface area (TPSA) is 52.8 Å². The van der Waals surface area contributed by atoms with Crippen LogP contribution >= 0.6 is 0 Å². The van der Waals surface area contributed by atoms with Crippen molar-refractivity contribution in [3.63, 3.8) is 0 Å². The number of hydrogen-bond donors (Lipinski definition) is 0. The van der Waals surface area contributed by atoms with Crippen molar-refractivity contribution in [2.45, 2.75) is 43.6 Å². The van der Waals surface area contributed by atoms with Gasteiger partial charge in [-0.1, -0.05) is 129 Å². The van der Waals surface area contributed by atoms with Gasteiger partial charge in [-0.2, -0.15) is 0 Å². The van der Waals surface area contributed by atoms with Crippen molar-refractivity contribution >= 4 is 33.1 Å². The molecule has 5 aromatic carbocycles. The molecular weight excluding hydrogens is 649 g/mol. The molecule has 7 aromatic rings. The summed E-state index contributed by atoms with van der Waals surface area (Å²) >= 11 is 0. The van der Waals surface area contributed by atoms with E-state index in [0.717, 1.165) is 34.8 Å². The minimum atomic E-state index is -0.123. The maximum absolute atomic E-state index is 6.39. The number of hydrogen-bond acceptors (Lipinski definition) is 4. The summed E-state index contributed by atoms with van der Waals surface area (Å²) in [6.07, 6.45) is 14.0. The Morgan fingerprint density at radius 2 is 1.53 bits per heavy atom. The van der Waals surface area contributed by atoms with Crippen molar-refractivity contribution in [1.29, 1.82) is 0 Å². The Bertz CT molecular complexity index is 2780. The fraction of sp³-hybridized carbons (Fsp3) is 0.146. The lowest BCUT2D eigenvalue weighted by molar-refractivity contribution is 0.271. The van der Waals surface area contributed by atoms with E-state index in [0.29, 0.717) is 11.6 Å². The van der Waals surface area contributed by atoms with Crippen LogP contribution in [0.4, 0.5) is 0 Å². The van der Waals surface area contributed by atoms with E-state index in [1.54, 1.807) is 0 Å². The molecule has 0 spiro atoms. The maximum atomic E-state index is 6.39. The van der Waals surface area contributed by atoms with Crippen molar-refractivity contribution in [3.05, 3.63) is 180 Å². The minimum absolute atomic E-state index is 0.0159. The first-order chi connectivity index (χ1) is 26.0. The van der Waals surface area contributed by atoms with E-state index in [1.165, 1.54) is 49.6 Å². The van der Waals surface area contributed by atoms with Crippen LogP contribution in [-0.4, -0.2) is 25.6 Å². The monoisotopic (exact) mass is 684 g/mol. The first kappa shape index (κ1) is 30.3. The molecule has 5 heteroatoms. The second-order valence-electron chi connectivity index (χ2n) is 15.1. The Morgan fingerprint density at radius 3 is 2.45 bits per heavy atom. The molecule has 2 aromatic heterocycles. The van der Waals surface area contributed by atoms with Gasteiger partial charge in [0.05, 0.1) is 17.0 Å². The molecule has 1 aliphatic heterocycles. The second kappa shape index (κ2) is 11.3. The number of ether oxygens (including phenoxy) is 1. The summed E-state index contributed by atoms with van der Waals surface area (Å²) in [6.45, 7) is 4.75. The molecule has 3 heterocycles. The van der Waals surface area contributed by atoms with Gasteiger partial charge in [0, 0.05) is 44.5 Å². The molecule has 3 aliphatic carbocycles. The summed E-state index contributed by atoms with van der Waals surface area (Å²) in [5.41, 5.74) is 12.1. The van der Waals surface area contributed by atoms with Crippen LogP contribution in [0.25, 0.3) is 55.6 Å². The molecule has 4 aliphatic rings. The molecule has 254 valence electrons. The minimum Gasteiger partial charge on any atom is -0.485 e. The van der Waals surface area contributed by atoms with E-state index >= 15 is 0 Å². The van der Waals surface area contributed by atoms with Gasteiger partial charge < -0.3 is 9.30 Å². The Balaban J connectivity index is 1.08. The normalized spacial score (nSPS) is 20.4. The highest BCUT2D eigenvalue weighted by molar-refractivity contribution is 6.15. The molecule has 0 radical (unpaired) electrons. The van der Waals surface area contributed by atoms with Gasteiger partial charge in [0.1, 0.15) is 17.7 Å². The second-order valence-corrected chi connectivity index (χ2v) is 15.1. The van der Waals surface area contributed by atoms with Gasteiger partial charge in [0.15, 0.2) is 11.6 Å². The molecule has 0 fully saturated rings. The molecule has 0 amide bonds. The lowest BCUT2D eigenvalue weighted by atomic mass is 9.80. The number of para-hydroxylation sites is 2. The van der Waals surface area contributed by atoms with E-state index in [2.05, 4.69) is 146 Å². The predicted octanol–water partition coefficient (Wildman–Crippen LogP) is 11.0. The molecule has 5 nitrogen and oxygen atoms in total. The number of allylic oxidation sites excluding steroid dienone is 6. The fourth-order valence-electron chi connectivity index (χ4n) is 9.32. The first-order valence-corrected chi connectivity index (χ1v) is 18.6. The summed E-state index contributed by atoms with van der Waals surface area (Å²) in [7, 11) is 0. The lowest BCUT2D eigenvalue weighted by Gasteiger charge is -2.23. The van der Waals surface area contributed by atoms with Crippen LogP contribution < -0.4 is 4.74 Å². The third-order valence-electron chi connectivity index (χ3n) is 11.7. The zero-order chi connectivity index (χ0) is 35.3. The van der Waals surface area contributed by atoms with E-state index in [1.807, 2.05) is 24.3 Å². The van der Waals surface area contributed by atoms with E-state index in [9.17, 15) is 0 Å². The van der Waals surface area contributed by atoms with Crippen LogP contribution in [0.1, 0.15) is 60.4 Å². The number of aromatic nitrogens is 4. The van der Waals surface area contributed by atoms with E-state index in [-0.39, 0.29) is 23.4 Å². The van der Waals surface area contributed by atoms with Crippen molar-refractivity contribution in [1.82, 2.24) is 19.5 Å². The number of fused-ring (bicyclic) bond motifs is 10. The molecule has 0 saturated carbocycles. The number of nitrogens with zero attached hydrogens (tertiary/aromatic N) is 4. The summed E-state index contributed by atoms with van der Waals surface area (Å²) in [5, 5.41) is 2.60. The van der Waals surface area contributed by atoms with Crippen LogP contribution in [0.5, 0.6) is 5.75 Å². The zero-order valence-corrected chi connectivity index (χ0v) is 29.6. The maximum Gasteiger partial charge on any atom is 0.163 e. The SMILES string of the molecule is CC1(C)c2ccccc2-c2ccc3c(c21)c1ccccc1n3C1=CC(c2nc(C3=CC=C[C@H]4Oc5ccccc5C34)nc(-c3ccccc3)n2)CC=C1. The molecule has 3 atom stereocenters. The number of rotatable bonds is 4. The Morgan fingerprint density at radius 1 is 0.736 bits per heavy atom. The van der Waals surface area contributed by atoms with Gasteiger partial charge in [0.25, 0.3) is 0 Å². The third kappa shape index (κ3) is 4.46. The van der Waals surface area contributed by atoms with Crippen LogP contribution in [0.2, 0.25) is 0 Å². The van der Waals surface area contributed by atoms with Crippen LogP contribution in [-0.2, 0) is 5.41 Å². The molecule has 0 N–H and O–H groups in total. The molecule has 53 heavy (non-hydrogen) atoms. The average molecular weight is 685 g/mol. The van der Waals surface area contributed by atoms with Crippen LogP contribution in [0, 0.1) is 0 Å². The zero-order valence-electron chi connectivity index (χ0n) is 29.6. The summed E-state index contributed by atoms with van der Waals surface area (Å²) in [4.78, 5) is 15.6. The van der Waals surface area contributed by atoms with E-state index < -0.39 is 0 Å². The molecular formula is C48H36N4O. The largest absolute Gasteiger partial charge is 0.485 e. The standard InChI is InChI=1S/C48H36N4O/c1-48(2)37-22-9-6-18-32(37)33-26-27-39-43(44(33)48)34-19-7-10-23-38(34)52(39)31-17-12-16-30(28-31)46-49-45(29-14-4-3-5-15-29)50-47(51-46)36-21-13-25-41-42(36)35-20-8-11-24-40(35)53-41/h3-15,17-28,30,41-42H,16H2,1-2H3/t30?,41-,42?/m1/s1. The van der Waals surface area contributed by atoms with Crippen molar-refractivity contribution in [2.75, 3.05) is 0 Å². The van der Waals surface area contributed by atoms with E-state index in [4.69, 9.17) is 19.7 Å². The third-order valence-corrected chi connectivity index (χ3v) is 11.7. The van der Waals surface area contributed by atoms with Gasteiger partial charge >= 0.3 is 0 Å².